The highest BCUT2D eigenvalue weighted by Gasteiger charge is 2.05. The van der Waals surface area contributed by atoms with E-state index in [-0.39, 0.29) is 11.8 Å². The normalized spacial score (nSPS) is 10.6. The van der Waals surface area contributed by atoms with Gasteiger partial charge in [0.2, 0.25) is 0 Å². The SMILES string of the molecule is CN(C)CCCNC(=O)Nc1ccc(-c2ccccc2F)cc1. The molecule has 0 aliphatic heterocycles. The molecule has 0 unspecified atom stereocenters. The van der Waals surface area contributed by atoms with E-state index in [0.717, 1.165) is 18.5 Å². The quantitative estimate of drug-likeness (QED) is 0.801. The zero-order valence-corrected chi connectivity index (χ0v) is 13.5. The highest BCUT2D eigenvalue weighted by atomic mass is 19.1. The summed E-state index contributed by atoms with van der Waals surface area (Å²) in [4.78, 5) is 13.8. The Labute approximate surface area is 136 Å². The van der Waals surface area contributed by atoms with Crippen molar-refractivity contribution in [2.75, 3.05) is 32.5 Å². The summed E-state index contributed by atoms with van der Waals surface area (Å²) in [6.45, 7) is 1.55. The lowest BCUT2D eigenvalue weighted by molar-refractivity contribution is 0.251. The first-order valence-corrected chi connectivity index (χ1v) is 7.61. The molecule has 2 amide bonds. The molecule has 2 N–H and O–H groups in total. The zero-order valence-electron chi connectivity index (χ0n) is 13.5. The van der Waals surface area contributed by atoms with E-state index in [9.17, 15) is 9.18 Å². The Kier molecular flexibility index (Phi) is 6.11. The molecule has 0 aliphatic carbocycles. The molecule has 2 aromatic rings. The molecule has 0 aliphatic rings. The Balaban J connectivity index is 1.88. The van der Waals surface area contributed by atoms with Crippen molar-refractivity contribution in [1.82, 2.24) is 10.2 Å². The number of urea groups is 1. The van der Waals surface area contributed by atoms with E-state index in [1.165, 1.54) is 6.07 Å². The van der Waals surface area contributed by atoms with Crippen LogP contribution in [0.25, 0.3) is 11.1 Å². The van der Waals surface area contributed by atoms with Crippen LogP contribution in [0.1, 0.15) is 6.42 Å². The standard InChI is InChI=1S/C18H22FN3O/c1-22(2)13-5-12-20-18(23)21-15-10-8-14(9-11-15)16-6-3-4-7-17(16)19/h3-4,6-11H,5,12-13H2,1-2H3,(H2,20,21,23). The average molecular weight is 315 g/mol. The monoisotopic (exact) mass is 315 g/mol. The van der Waals surface area contributed by atoms with Gasteiger partial charge in [-0.05, 0) is 50.8 Å². The van der Waals surface area contributed by atoms with E-state index in [0.29, 0.717) is 17.8 Å². The summed E-state index contributed by atoms with van der Waals surface area (Å²) in [6, 6.07) is 13.5. The number of nitrogens with zero attached hydrogens (tertiary/aromatic N) is 1. The summed E-state index contributed by atoms with van der Waals surface area (Å²) in [5.74, 6) is -0.258. The summed E-state index contributed by atoms with van der Waals surface area (Å²) in [6.07, 6.45) is 0.895. The first-order valence-electron chi connectivity index (χ1n) is 7.61. The Bertz CT molecular complexity index is 641. The largest absolute Gasteiger partial charge is 0.338 e. The van der Waals surface area contributed by atoms with E-state index < -0.39 is 0 Å². The van der Waals surface area contributed by atoms with Gasteiger partial charge in [-0.15, -0.1) is 0 Å². The lowest BCUT2D eigenvalue weighted by Gasteiger charge is -2.11. The van der Waals surface area contributed by atoms with Crippen LogP contribution in [0.15, 0.2) is 48.5 Å². The van der Waals surface area contributed by atoms with E-state index in [1.54, 1.807) is 42.5 Å². The maximum Gasteiger partial charge on any atom is 0.319 e. The van der Waals surface area contributed by atoms with Crippen molar-refractivity contribution < 1.29 is 9.18 Å². The topological polar surface area (TPSA) is 44.4 Å². The van der Waals surface area contributed by atoms with Gasteiger partial charge < -0.3 is 15.5 Å². The van der Waals surface area contributed by atoms with E-state index in [4.69, 9.17) is 0 Å². The lowest BCUT2D eigenvalue weighted by atomic mass is 10.1. The van der Waals surface area contributed by atoms with Crippen molar-refractivity contribution in [3.05, 3.63) is 54.3 Å². The van der Waals surface area contributed by atoms with Gasteiger partial charge in [-0.2, -0.15) is 0 Å². The fourth-order valence-corrected chi connectivity index (χ4v) is 2.20. The Morgan fingerprint density at radius 3 is 2.43 bits per heavy atom. The second-order valence-electron chi connectivity index (χ2n) is 5.59. The van der Waals surface area contributed by atoms with Crippen molar-refractivity contribution in [2.45, 2.75) is 6.42 Å². The van der Waals surface area contributed by atoms with Crippen molar-refractivity contribution in [1.29, 1.82) is 0 Å². The number of benzene rings is 2. The van der Waals surface area contributed by atoms with Crippen LogP contribution in [0.4, 0.5) is 14.9 Å². The third-order valence-corrected chi connectivity index (χ3v) is 3.40. The highest BCUT2D eigenvalue weighted by Crippen LogP contribution is 2.23. The third-order valence-electron chi connectivity index (χ3n) is 3.40. The van der Waals surface area contributed by atoms with Crippen LogP contribution in [-0.4, -0.2) is 38.1 Å². The first kappa shape index (κ1) is 17.0. The zero-order chi connectivity index (χ0) is 16.7. The number of hydrogen-bond donors (Lipinski definition) is 2. The molecular formula is C18H22FN3O. The van der Waals surface area contributed by atoms with Gasteiger partial charge in [0.15, 0.2) is 0 Å². The number of amides is 2. The number of carbonyl (C=O) groups excluding carboxylic acids is 1. The van der Waals surface area contributed by atoms with Crippen LogP contribution >= 0.6 is 0 Å². The molecule has 23 heavy (non-hydrogen) atoms. The molecule has 0 spiro atoms. The average Bonchev–Trinajstić information content (AvgIpc) is 2.53. The van der Waals surface area contributed by atoms with Crippen LogP contribution in [0.5, 0.6) is 0 Å². The number of nitrogens with one attached hydrogen (secondary N) is 2. The molecule has 4 nitrogen and oxygen atoms in total. The minimum atomic E-state index is -0.258. The fourth-order valence-electron chi connectivity index (χ4n) is 2.20. The maximum absolute atomic E-state index is 13.7. The van der Waals surface area contributed by atoms with Gasteiger partial charge in [0.05, 0.1) is 0 Å². The van der Waals surface area contributed by atoms with Crippen LogP contribution in [0, 0.1) is 5.82 Å². The highest BCUT2D eigenvalue weighted by molar-refractivity contribution is 5.89. The van der Waals surface area contributed by atoms with Crippen molar-refractivity contribution >= 4 is 11.7 Å². The van der Waals surface area contributed by atoms with Crippen molar-refractivity contribution in [2.24, 2.45) is 0 Å². The molecule has 0 atom stereocenters. The fraction of sp³-hybridized carbons (Fsp3) is 0.278. The second kappa shape index (κ2) is 8.29. The van der Waals surface area contributed by atoms with Crippen LogP contribution < -0.4 is 10.6 Å². The molecule has 0 fully saturated rings. The third kappa shape index (κ3) is 5.38. The van der Waals surface area contributed by atoms with E-state index >= 15 is 0 Å². The van der Waals surface area contributed by atoms with Gasteiger partial charge in [-0.25, -0.2) is 9.18 Å². The minimum absolute atomic E-state index is 0.234. The summed E-state index contributed by atoms with van der Waals surface area (Å²) < 4.78 is 13.7. The molecule has 0 saturated heterocycles. The predicted molar refractivity (Wildman–Crippen MR) is 92.0 cm³/mol. The first-order chi connectivity index (χ1) is 11.1. The summed E-state index contributed by atoms with van der Waals surface area (Å²) in [5, 5.41) is 5.57. The van der Waals surface area contributed by atoms with Gasteiger partial charge in [-0.1, -0.05) is 30.3 Å². The molecule has 5 heteroatoms. The smallest absolute Gasteiger partial charge is 0.319 e. The van der Waals surface area contributed by atoms with Crippen LogP contribution in [-0.2, 0) is 0 Å². The summed E-state index contributed by atoms with van der Waals surface area (Å²) >= 11 is 0. The Morgan fingerprint density at radius 2 is 1.78 bits per heavy atom. The summed E-state index contributed by atoms with van der Waals surface area (Å²) in [5.41, 5.74) is 2.00. The van der Waals surface area contributed by atoms with Gasteiger partial charge >= 0.3 is 6.03 Å². The molecule has 0 radical (unpaired) electrons. The maximum atomic E-state index is 13.7. The van der Waals surface area contributed by atoms with Crippen LogP contribution in [0.2, 0.25) is 0 Å². The molecule has 2 rings (SSSR count). The minimum Gasteiger partial charge on any atom is -0.338 e. The van der Waals surface area contributed by atoms with Gasteiger partial charge in [0.25, 0.3) is 0 Å². The number of hydrogen-bond acceptors (Lipinski definition) is 2. The molecule has 0 heterocycles. The predicted octanol–water partition coefficient (Wildman–Crippen LogP) is 3.57. The Hall–Kier alpha value is -2.40. The van der Waals surface area contributed by atoms with Gasteiger partial charge in [-0.3, -0.25) is 0 Å². The van der Waals surface area contributed by atoms with Crippen molar-refractivity contribution in [3.63, 3.8) is 0 Å². The van der Waals surface area contributed by atoms with Gasteiger partial charge in [0.1, 0.15) is 5.82 Å². The number of anilines is 1. The number of rotatable bonds is 6. The lowest BCUT2D eigenvalue weighted by Crippen LogP contribution is -2.31. The van der Waals surface area contributed by atoms with Crippen LogP contribution in [0.3, 0.4) is 0 Å². The van der Waals surface area contributed by atoms with E-state index in [2.05, 4.69) is 15.5 Å². The van der Waals surface area contributed by atoms with Crippen molar-refractivity contribution in [3.8, 4) is 11.1 Å². The second-order valence-corrected chi connectivity index (χ2v) is 5.59. The molecule has 0 saturated carbocycles. The summed E-state index contributed by atoms with van der Waals surface area (Å²) in [7, 11) is 3.99. The number of carbonyl (C=O) groups is 1. The molecule has 2 aromatic carbocycles. The molecule has 122 valence electrons. The van der Waals surface area contributed by atoms with E-state index in [1.807, 2.05) is 14.1 Å². The molecule has 0 bridgehead atoms. The van der Waals surface area contributed by atoms with Gasteiger partial charge in [0, 0.05) is 17.8 Å². The molecule has 0 aromatic heterocycles. The molecular weight excluding hydrogens is 293 g/mol. The Morgan fingerprint density at radius 1 is 1.09 bits per heavy atom. The number of halogens is 1.